The van der Waals surface area contributed by atoms with E-state index in [1.54, 1.807) is 0 Å². The zero-order valence-electron chi connectivity index (χ0n) is 14.7. The number of rotatable bonds is 4. The molecule has 128 valence electrons. The van der Waals surface area contributed by atoms with Crippen molar-refractivity contribution in [2.24, 2.45) is 0 Å². The number of aryl methyl sites for hydroxylation is 1. The third-order valence-electron chi connectivity index (χ3n) is 5.00. The monoisotopic (exact) mass is 332 g/mol. The van der Waals surface area contributed by atoms with Crippen LogP contribution in [0.4, 0.5) is 0 Å². The molecule has 25 heavy (non-hydrogen) atoms. The maximum atomic E-state index is 4.67. The molecule has 3 aromatic rings. The molecule has 4 heteroatoms. The second kappa shape index (κ2) is 7.19. The van der Waals surface area contributed by atoms with Crippen molar-refractivity contribution in [1.29, 1.82) is 0 Å². The highest BCUT2D eigenvalue weighted by Crippen LogP contribution is 2.29. The topological polar surface area (TPSA) is 34.0 Å². The van der Waals surface area contributed by atoms with Crippen molar-refractivity contribution >= 4 is 0 Å². The van der Waals surface area contributed by atoms with Crippen LogP contribution in [-0.4, -0.2) is 32.5 Å². The minimum atomic E-state index is 0.468. The molecule has 0 N–H and O–H groups in total. The van der Waals surface area contributed by atoms with Crippen LogP contribution in [0.25, 0.3) is 11.4 Å². The van der Waals surface area contributed by atoms with E-state index < -0.39 is 0 Å². The summed E-state index contributed by atoms with van der Waals surface area (Å²) in [7, 11) is 0. The maximum absolute atomic E-state index is 4.67. The van der Waals surface area contributed by atoms with Crippen molar-refractivity contribution in [2.75, 3.05) is 13.1 Å². The van der Waals surface area contributed by atoms with Crippen molar-refractivity contribution in [3.63, 3.8) is 0 Å². The lowest BCUT2D eigenvalue weighted by Crippen LogP contribution is -2.36. The lowest BCUT2D eigenvalue weighted by molar-refractivity contribution is 0.170. The first-order valence-corrected chi connectivity index (χ1v) is 9.02. The highest BCUT2D eigenvalue weighted by molar-refractivity contribution is 5.54. The lowest BCUT2D eigenvalue weighted by atomic mass is 10.0. The van der Waals surface area contributed by atoms with Crippen molar-refractivity contribution < 1.29 is 0 Å². The summed E-state index contributed by atoms with van der Waals surface area (Å²) in [6.07, 6.45) is 8.13. The molecule has 1 aliphatic rings. The summed E-state index contributed by atoms with van der Waals surface area (Å²) in [5.74, 6) is 1.04. The molecular weight excluding hydrogens is 308 g/mol. The van der Waals surface area contributed by atoms with Crippen molar-refractivity contribution in [1.82, 2.24) is 19.4 Å². The average Bonchev–Trinajstić information content (AvgIpc) is 3.05. The van der Waals surface area contributed by atoms with Crippen molar-refractivity contribution in [3.05, 3.63) is 72.3 Å². The van der Waals surface area contributed by atoms with Gasteiger partial charge in [-0.2, -0.15) is 0 Å². The average molecular weight is 332 g/mol. The number of benzene rings is 1. The molecule has 0 spiro atoms. The Morgan fingerprint density at radius 1 is 1.08 bits per heavy atom. The molecule has 0 radical (unpaired) electrons. The largest absolute Gasteiger partial charge is 0.324 e. The standard InChI is InChI=1S/C21H24N4/c1-17-13-23-21(19-9-5-11-22-14-19)25(17)20-10-6-12-24(16-20)15-18-7-3-2-4-8-18/h2-5,7-9,11,13-14,20H,6,10,12,15-16H2,1H3. The van der Waals surface area contributed by atoms with Crippen molar-refractivity contribution in [3.8, 4) is 11.4 Å². The van der Waals surface area contributed by atoms with Gasteiger partial charge in [0, 0.05) is 49.0 Å². The van der Waals surface area contributed by atoms with Crippen LogP contribution in [0.1, 0.15) is 30.1 Å². The number of aromatic nitrogens is 3. The van der Waals surface area contributed by atoms with E-state index in [-0.39, 0.29) is 0 Å². The van der Waals surface area contributed by atoms with Gasteiger partial charge < -0.3 is 4.57 Å². The normalized spacial score (nSPS) is 18.4. The lowest BCUT2D eigenvalue weighted by Gasteiger charge is -2.34. The number of piperidine rings is 1. The molecule has 1 unspecified atom stereocenters. The van der Waals surface area contributed by atoms with E-state index in [0.717, 1.165) is 24.5 Å². The molecule has 2 aromatic heterocycles. The molecule has 0 bridgehead atoms. The molecular formula is C21H24N4. The van der Waals surface area contributed by atoms with Crippen LogP contribution in [0.2, 0.25) is 0 Å². The molecule has 4 nitrogen and oxygen atoms in total. The van der Waals surface area contributed by atoms with E-state index >= 15 is 0 Å². The summed E-state index contributed by atoms with van der Waals surface area (Å²) < 4.78 is 2.41. The van der Waals surface area contributed by atoms with E-state index in [9.17, 15) is 0 Å². The van der Waals surface area contributed by atoms with Crippen LogP contribution in [0.3, 0.4) is 0 Å². The summed E-state index contributed by atoms with van der Waals surface area (Å²) >= 11 is 0. The summed E-state index contributed by atoms with van der Waals surface area (Å²) in [5, 5.41) is 0. The molecule has 0 aliphatic carbocycles. The Bertz CT molecular complexity index is 810. The second-order valence-corrected chi connectivity index (χ2v) is 6.85. The summed E-state index contributed by atoms with van der Waals surface area (Å²) in [5.41, 5.74) is 3.71. The van der Waals surface area contributed by atoms with Crippen LogP contribution >= 0.6 is 0 Å². The van der Waals surface area contributed by atoms with E-state index in [0.29, 0.717) is 6.04 Å². The highest BCUT2D eigenvalue weighted by atomic mass is 15.2. The van der Waals surface area contributed by atoms with Gasteiger partial charge in [0.1, 0.15) is 5.82 Å². The zero-order valence-corrected chi connectivity index (χ0v) is 14.7. The number of hydrogen-bond donors (Lipinski definition) is 0. The molecule has 0 amide bonds. The highest BCUT2D eigenvalue weighted by Gasteiger charge is 2.24. The fraction of sp³-hybridized carbons (Fsp3) is 0.333. The smallest absolute Gasteiger partial charge is 0.141 e. The maximum Gasteiger partial charge on any atom is 0.141 e. The van der Waals surface area contributed by atoms with E-state index in [4.69, 9.17) is 0 Å². The Labute approximate surface area is 149 Å². The second-order valence-electron chi connectivity index (χ2n) is 6.85. The fourth-order valence-corrected chi connectivity index (χ4v) is 3.84. The molecule has 1 aliphatic heterocycles. The minimum Gasteiger partial charge on any atom is -0.324 e. The summed E-state index contributed by atoms with van der Waals surface area (Å²) in [6.45, 7) is 5.41. The number of nitrogens with zero attached hydrogens (tertiary/aromatic N) is 4. The van der Waals surface area contributed by atoms with Gasteiger partial charge >= 0.3 is 0 Å². The predicted octanol–water partition coefficient (Wildman–Crippen LogP) is 4.09. The minimum absolute atomic E-state index is 0.468. The van der Waals surface area contributed by atoms with E-state index in [2.05, 4.69) is 62.8 Å². The third kappa shape index (κ3) is 3.49. The number of likely N-dealkylation sites (tertiary alicyclic amines) is 1. The predicted molar refractivity (Wildman–Crippen MR) is 100 cm³/mol. The van der Waals surface area contributed by atoms with Crippen LogP contribution in [0.15, 0.2) is 61.1 Å². The molecule has 1 saturated heterocycles. The van der Waals surface area contributed by atoms with E-state index in [1.807, 2.05) is 24.7 Å². The SMILES string of the molecule is Cc1cnc(-c2cccnc2)n1C1CCCN(Cc2ccccc2)C1. The van der Waals surface area contributed by atoms with Gasteiger partial charge in [-0.1, -0.05) is 30.3 Å². The summed E-state index contributed by atoms with van der Waals surface area (Å²) in [6, 6.07) is 15.3. The molecule has 1 atom stereocenters. The van der Waals surface area contributed by atoms with Crippen LogP contribution in [0.5, 0.6) is 0 Å². The van der Waals surface area contributed by atoms with Crippen LogP contribution < -0.4 is 0 Å². The number of pyridine rings is 1. The number of hydrogen-bond acceptors (Lipinski definition) is 3. The quantitative estimate of drug-likeness (QED) is 0.721. The Morgan fingerprint density at radius 2 is 1.96 bits per heavy atom. The number of imidazole rings is 1. The van der Waals surface area contributed by atoms with Gasteiger partial charge in [-0.15, -0.1) is 0 Å². The van der Waals surface area contributed by atoms with Crippen molar-refractivity contribution in [2.45, 2.75) is 32.4 Å². The van der Waals surface area contributed by atoms with Gasteiger partial charge in [-0.25, -0.2) is 4.98 Å². The third-order valence-corrected chi connectivity index (χ3v) is 5.00. The van der Waals surface area contributed by atoms with Gasteiger partial charge in [0.15, 0.2) is 0 Å². The van der Waals surface area contributed by atoms with Gasteiger partial charge in [0.25, 0.3) is 0 Å². The first kappa shape index (κ1) is 16.0. The molecule has 1 fully saturated rings. The Balaban J connectivity index is 1.57. The molecule has 0 saturated carbocycles. The van der Waals surface area contributed by atoms with Gasteiger partial charge in [0.05, 0.1) is 0 Å². The Kier molecular flexibility index (Phi) is 4.61. The van der Waals surface area contributed by atoms with E-state index in [1.165, 1.54) is 30.6 Å². The van der Waals surface area contributed by atoms with Gasteiger partial charge in [-0.3, -0.25) is 9.88 Å². The Morgan fingerprint density at radius 3 is 2.76 bits per heavy atom. The molecule has 4 rings (SSSR count). The molecule has 3 heterocycles. The first-order chi connectivity index (χ1) is 12.3. The van der Waals surface area contributed by atoms with Crippen LogP contribution in [-0.2, 0) is 6.54 Å². The molecule has 1 aromatic carbocycles. The van der Waals surface area contributed by atoms with Crippen LogP contribution in [0, 0.1) is 6.92 Å². The first-order valence-electron chi connectivity index (χ1n) is 9.02. The van der Waals surface area contributed by atoms with Gasteiger partial charge in [0.2, 0.25) is 0 Å². The fourth-order valence-electron chi connectivity index (χ4n) is 3.84. The zero-order chi connectivity index (χ0) is 17.1. The Hall–Kier alpha value is -2.46. The van der Waals surface area contributed by atoms with Gasteiger partial charge in [-0.05, 0) is 44.0 Å². The summed E-state index contributed by atoms with van der Waals surface area (Å²) in [4.78, 5) is 11.5.